The predicted octanol–water partition coefficient (Wildman–Crippen LogP) is 2.05. The van der Waals surface area contributed by atoms with Gasteiger partial charge in [-0.05, 0) is 12.5 Å². The molecule has 0 unspecified atom stereocenters. The van der Waals surface area contributed by atoms with Crippen LogP contribution in [-0.2, 0) is 6.54 Å². The quantitative estimate of drug-likeness (QED) is 0.711. The molecule has 3 nitrogen and oxygen atoms in total. The van der Waals surface area contributed by atoms with Gasteiger partial charge in [-0.2, -0.15) is 0 Å². The number of rotatable bonds is 3. The van der Waals surface area contributed by atoms with E-state index in [-0.39, 0.29) is 0 Å². The largest absolute Gasteiger partial charge is 0.322 e. The number of aryl methyl sites for hydroxylation is 1. The predicted molar refractivity (Wildman–Crippen MR) is 57.9 cm³/mol. The highest BCUT2D eigenvalue weighted by Crippen LogP contribution is 2.07. The molecule has 0 spiro atoms. The minimum absolute atomic E-state index is 0.483. The lowest BCUT2D eigenvalue weighted by Crippen LogP contribution is -2.05. The molecule has 0 amide bonds. The van der Waals surface area contributed by atoms with Crippen molar-refractivity contribution in [2.45, 2.75) is 13.5 Å². The van der Waals surface area contributed by atoms with Crippen LogP contribution >= 0.6 is 0 Å². The topological polar surface area (TPSA) is 34.9 Å². The summed E-state index contributed by atoms with van der Waals surface area (Å²) >= 11 is 0. The van der Waals surface area contributed by atoms with Gasteiger partial charge >= 0.3 is 0 Å². The number of carbonyl (C=O) groups excluding carboxylic acids is 1. The van der Waals surface area contributed by atoms with Crippen molar-refractivity contribution in [3.63, 3.8) is 0 Å². The Bertz CT molecular complexity index is 460. The van der Waals surface area contributed by atoms with E-state index in [0.29, 0.717) is 12.4 Å². The van der Waals surface area contributed by atoms with Gasteiger partial charge in [0.05, 0.1) is 0 Å². The zero-order valence-corrected chi connectivity index (χ0v) is 8.55. The monoisotopic (exact) mass is 200 g/mol. The first kappa shape index (κ1) is 9.65. The Hall–Kier alpha value is -1.90. The number of imidazole rings is 1. The second-order valence-corrected chi connectivity index (χ2v) is 3.45. The number of nitrogens with zero attached hydrogens (tertiary/aromatic N) is 2. The molecule has 0 aliphatic rings. The molecule has 0 bridgehead atoms. The number of benzene rings is 1. The van der Waals surface area contributed by atoms with Crippen molar-refractivity contribution < 1.29 is 4.79 Å². The van der Waals surface area contributed by atoms with Gasteiger partial charge in [0.2, 0.25) is 0 Å². The zero-order valence-electron chi connectivity index (χ0n) is 8.55. The molecule has 3 heteroatoms. The van der Waals surface area contributed by atoms with Gasteiger partial charge in [-0.15, -0.1) is 0 Å². The van der Waals surface area contributed by atoms with Crippen molar-refractivity contribution >= 4 is 6.29 Å². The SMILES string of the molecule is Cc1cnc(C=O)n1Cc1ccccc1. The molecule has 76 valence electrons. The van der Waals surface area contributed by atoms with Gasteiger partial charge in [-0.25, -0.2) is 4.98 Å². The first-order chi connectivity index (χ1) is 7.31. The van der Waals surface area contributed by atoms with E-state index in [4.69, 9.17) is 0 Å². The van der Waals surface area contributed by atoms with E-state index < -0.39 is 0 Å². The van der Waals surface area contributed by atoms with Crippen molar-refractivity contribution in [2.24, 2.45) is 0 Å². The molecule has 0 aliphatic carbocycles. The van der Waals surface area contributed by atoms with Gasteiger partial charge in [-0.1, -0.05) is 30.3 Å². The first-order valence-electron chi connectivity index (χ1n) is 4.82. The van der Waals surface area contributed by atoms with Crippen LogP contribution < -0.4 is 0 Å². The van der Waals surface area contributed by atoms with Crippen LogP contribution in [0.5, 0.6) is 0 Å². The lowest BCUT2D eigenvalue weighted by Gasteiger charge is -2.06. The molecule has 2 rings (SSSR count). The van der Waals surface area contributed by atoms with Crippen molar-refractivity contribution in [3.05, 3.63) is 53.6 Å². The third kappa shape index (κ3) is 1.96. The first-order valence-corrected chi connectivity index (χ1v) is 4.82. The van der Waals surface area contributed by atoms with Gasteiger partial charge in [0.25, 0.3) is 0 Å². The smallest absolute Gasteiger partial charge is 0.185 e. The number of hydrogen-bond acceptors (Lipinski definition) is 2. The molecule has 1 aromatic heterocycles. The molecule has 2 aromatic rings. The summed E-state index contributed by atoms with van der Waals surface area (Å²) in [6.07, 6.45) is 2.50. The molecule has 0 N–H and O–H groups in total. The summed E-state index contributed by atoms with van der Waals surface area (Å²) in [5, 5.41) is 0. The molecular weight excluding hydrogens is 188 g/mol. The molecule has 0 saturated carbocycles. The second kappa shape index (κ2) is 4.09. The zero-order chi connectivity index (χ0) is 10.7. The minimum atomic E-state index is 0.483. The Kier molecular flexibility index (Phi) is 2.63. The number of carbonyl (C=O) groups is 1. The molecule has 15 heavy (non-hydrogen) atoms. The molecule has 0 fully saturated rings. The Morgan fingerprint density at radius 3 is 2.73 bits per heavy atom. The van der Waals surface area contributed by atoms with Crippen LogP contribution in [0.3, 0.4) is 0 Å². The molecule has 0 aliphatic heterocycles. The highest BCUT2D eigenvalue weighted by Gasteiger charge is 2.05. The Balaban J connectivity index is 2.31. The molecule has 0 saturated heterocycles. The number of hydrogen-bond donors (Lipinski definition) is 0. The highest BCUT2D eigenvalue weighted by molar-refractivity contribution is 5.69. The highest BCUT2D eigenvalue weighted by atomic mass is 16.1. The molecular formula is C12H12N2O. The number of aromatic nitrogens is 2. The molecule has 0 atom stereocenters. The fraction of sp³-hybridized carbons (Fsp3) is 0.167. The summed E-state index contributed by atoms with van der Waals surface area (Å²) in [5.41, 5.74) is 2.17. The van der Waals surface area contributed by atoms with Crippen molar-refractivity contribution in [1.29, 1.82) is 0 Å². The van der Waals surface area contributed by atoms with Crippen LogP contribution in [-0.4, -0.2) is 15.8 Å². The molecule has 0 radical (unpaired) electrons. The van der Waals surface area contributed by atoms with E-state index in [2.05, 4.69) is 4.98 Å². The maximum atomic E-state index is 10.7. The Morgan fingerprint density at radius 2 is 2.07 bits per heavy atom. The average molecular weight is 200 g/mol. The van der Waals surface area contributed by atoms with Gasteiger partial charge in [0.1, 0.15) is 0 Å². The fourth-order valence-corrected chi connectivity index (χ4v) is 1.55. The summed E-state index contributed by atoms with van der Waals surface area (Å²) in [4.78, 5) is 14.8. The number of aldehydes is 1. The summed E-state index contributed by atoms with van der Waals surface area (Å²) < 4.78 is 1.91. The lowest BCUT2D eigenvalue weighted by atomic mass is 10.2. The van der Waals surface area contributed by atoms with Crippen LogP contribution in [0.15, 0.2) is 36.5 Å². The van der Waals surface area contributed by atoms with E-state index in [0.717, 1.165) is 12.0 Å². The summed E-state index contributed by atoms with van der Waals surface area (Å²) in [6, 6.07) is 10.0. The van der Waals surface area contributed by atoms with Crippen molar-refractivity contribution in [2.75, 3.05) is 0 Å². The van der Waals surface area contributed by atoms with Gasteiger partial charge in [0.15, 0.2) is 12.1 Å². The standard InChI is InChI=1S/C12H12N2O/c1-10-7-13-12(9-15)14(10)8-11-5-3-2-4-6-11/h2-7,9H,8H2,1H3. The van der Waals surface area contributed by atoms with E-state index in [1.807, 2.05) is 41.8 Å². The normalized spacial score (nSPS) is 10.2. The van der Waals surface area contributed by atoms with E-state index in [1.165, 1.54) is 5.56 Å². The van der Waals surface area contributed by atoms with E-state index in [1.54, 1.807) is 6.20 Å². The minimum Gasteiger partial charge on any atom is -0.322 e. The third-order valence-electron chi connectivity index (χ3n) is 2.37. The molecule has 1 aromatic carbocycles. The lowest BCUT2D eigenvalue weighted by molar-refractivity contribution is 0.111. The third-order valence-corrected chi connectivity index (χ3v) is 2.37. The second-order valence-electron chi connectivity index (χ2n) is 3.45. The summed E-state index contributed by atoms with van der Waals surface area (Å²) in [7, 11) is 0. The van der Waals surface area contributed by atoms with Crippen LogP contribution in [0.2, 0.25) is 0 Å². The summed E-state index contributed by atoms with van der Waals surface area (Å²) in [6.45, 7) is 2.64. The maximum Gasteiger partial charge on any atom is 0.185 e. The molecule has 1 heterocycles. The van der Waals surface area contributed by atoms with Crippen LogP contribution in [0.1, 0.15) is 21.9 Å². The van der Waals surface area contributed by atoms with E-state index >= 15 is 0 Å². The van der Waals surface area contributed by atoms with Gasteiger partial charge in [-0.3, -0.25) is 4.79 Å². The van der Waals surface area contributed by atoms with Crippen LogP contribution in [0, 0.1) is 6.92 Å². The van der Waals surface area contributed by atoms with Crippen LogP contribution in [0.4, 0.5) is 0 Å². The van der Waals surface area contributed by atoms with Crippen molar-refractivity contribution in [3.8, 4) is 0 Å². The summed E-state index contributed by atoms with van der Waals surface area (Å²) in [5.74, 6) is 0.483. The fourth-order valence-electron chi connectivity index (χ4n) is 1.55. The van der Waals surface area contributed by atoms with E-state index in [9.17, 15) is 4.79 Å². The van der Waals surface area contributed by atoms with Crippen molar-refractivity contribution in [1.82, 2.24) is 9.55 Å². The maximum absolute atomic E-state index is 10.7. The Morgan fingerprint density at radius 1 is 1.33 bits per heavy atom. The Labute approximate surface area is 88.4 Å². The average Bonchev–Trinajstić information content (AvgIpc) is 2.62. The van der Waals surface area contributed by atoms with Gasteiger partial charge in [0, 0.05) is 18.4 Å². The van der Waals surface area contributed by atoms with Gasteiger partial charge < -0.3 is 4.57 Å². The van der Waals surface area contributed by atoms with Crippen LogP contribution in [0.25, 0.3) is 0 Å².